The van der Waals surface area contributed by atoms with Gasteiger partial charge in [0.15, 0.2) is 5.69 Å². The molecule has 2 aromatic carbocycles. The van der Waals surface area contributed by atoms with Crippen LogP contribution in [0.4, 0.5) is 0 Å². The molecule has 5 heteroatoms. The lowest BCUT2D eigenvalue weighted by atomic mass is 10.1. The van der Waals surface area contributed by atoms with Gasteiger partial charge in [-0.1, -0.05) is 35.9 Å². The Morgan fingerprint density at radius 3 is 2.64 bits per heavy atom. The Labute approximate surface area is 127 Å². The standard InChI is InChI=1S/C17H14N4O/c1-11-6-5-7-12(10-11)16-18-19-17(22-16)15-13-8-3-4-9-14(13)21(2)20-15/h3-10H,1-2H3. The minimum Gasteiger partial charge on any atom is -0.415 e. The van der Waals surface area contributed by atoms with Crippen LogP contribution in [0.2, 0.25) is 0 Å². The monoisotopic (exact) mass is 290 g/mol. The minimum absolute atomic E-state index is 0.438. The smallest absolute Gasteiger partial charge is 0.269 e. The summed E-state index contributed by atoms with van der Waals surface area (Å²) in [6.45, 7) is 2.03. The molecule has 2 heterocycles. The molecule has 108 valence electrons. The zero-order valence-corrected chi connectivity index (χ0v) is 12.3. The molecule has 2 aromatic heterocycles. The molecule has 0 amide bonds. The zero-order valence-electron chi connectivity index (χ0n) is 12.3. The third-order valence-electron chi connectivity index (χ3n) is 3.65. The lowest BCUT2D eigenvalue weighted by Crippen LogP contribution is -1.89. The summed E-state index contributed by atoms with van der Waals surface area (Å²) in [6, 6.07) is 16.0. The van der Waals surface area contributed by atoms with Crippen molar-refractivity contribution >= 4 is 10.9 Å². The van der Waals surface area contributed by atoms with E-state index in [0.717, 1.165) is 22.0 Å². The van der Waals surface area contributed by atoms with Gasteiger partial charge in [0.05, 0.1) is 5.52 Å². The number of hydrogen-bond acceptors (Lipinski definition) is 4. The van der Waals surface area contributed by atoms with Crippen LogP contribution in [-0.2, 0) is 7.05 Å². The zero-order chi connectivity index (χ0) is 15.1. The van der Waals surface area contributed by atoms with E-state index in [1.807, 2.05) is 67.2 Å². The molecule has 4 rings (SSSR count). The predicted octanol–water partition coefficient (Wildman–Crippen LogP) is 3.60. The molecule has 0 spiro atoms. The molecule has 5 nitrogen and oxygen atoms in total. The maximum atomic E-state index is 5.83. The van der Waals surface area contributed by atoms with Crippen molar-refractivity contribution in [3.8, 4) is 23.0 Å². The van der Waals surface area contributed by atoms with Gasteiger partial charge in [0, 0.05) is 18.0 Å². The van der Waals surface area contributed by atoms with Crippen molar-refractivity contribution in [2.24, 2.45) is 7.05 Å². The molecule has 0 N–H and O–H groups in total. The van der Waals surface area contributed by atoms with Crippen molar-refractivity contribution in [3.63, 3.8) is 0 Å². The van der Waals surface area contributed by atoms with Crippen LogP contribution >= 0.6 is 0 Å². The molecule has 0 unspecified atom stereocenters. The van der Waals surface area contributed by atoms with E-state index in [1.165, 1.54) is 0 Å². The molecular formula is C17H14N4O. The first-order valence-electron chi connectivity index (χ1n) is 7.05. The Morgan fingerprint density at radius 1 is 0.955 bits per heavy atom. The fourth-order valence-electron chi connectivity index (χ4n) is 2.59. The van der Waals surface area contributed by atoms with E-state index in [-0.39, 0.29) is 0 Å². The summed E-state index contributed by atoms with van der Waals surface area (Å²) in [6.07, 6.45) is 0. The third kappa shape index (κ3) is 1.98. The van der Waals surface area contributed by atoms with Crippen molar-refractivity contribution in [2.45, 2.75) is 6.92 Å². The summed E-state index contributed by atoms with van der Waals surface area (Å²) in [5.41, 5.74) is 3.82. The number of aromatic nitrogens is 4. The van der Waals surface area contributed by atoms with Crippen LogP contribution in [0.1, 0.15) is 5.56 Å². The Hall–Kier alpha value is -2.95. The predicted molar refractivity (Wildman–Crippen MR) is 84.2 cm³/mol. The van der Waals surface area contributed by atoms with E-state index in [4.69, 9.17) is 4.42 Å². The SMILES string of the molecule is Cc1cccc(-c2nnc(-c3nn(C)c4ccccc34)o2)c1. The van der Waals surface area contributed by atoms with Gasteiger partial charge in [0.25, 0.3) is 5.89 Å². The number of rotatable bonds is 2. The van der Waals surface area contributed by atoms with Gasteiger partial charge >= 0.3 is 0 Å². The van der Waals surface area contributed by atoms with Crippen LogP contribution in [0.5, 0.6) is 0 Å². The maximum absolute atomic E-state index is 5.83. The van der Waals surface area contributed by atoms with Crippen molar-refractivity contribution in [2.75, 3.05) is 0 Å². The summed E-state index contributed by atoms with van der Waals surface area (Å²) < 4.78 is 7.65. The van der Waals surface area contributed by atoms with Crippen LogP contribution in [0, 0.1) is 6.92 Å². The van der Waals surface area contributed by atoms with E-state index >= 15 is 0 Å². The van der Waals surface area contributed by atoms with Crippen molar-refractivity contribution in [1.82, 2.24) is 20.0 Å². The number of hydrogen-bond donors (Lipinski definition) is 0. The molecule has 0 atom stereocenters. The first-order valence-corrected chi connectivity index (χ1v) is 7.05. The van der Waals surface area contributed by atoms with Crippen molar-refractivity contribution in [3.05, 3.63) is 54.1 Å². The second-order valence-electron chi connectivity index (χ2n) is 5.27. The molecule has 0 saturated heterocycles. The molecule has 0 aliphatic carbocycles. The van der Waals surface area contributed by atoms with Gasteiger partial charge in [-0.3, -0.25) is 4.68 Å². The summed E-state index contributed by atoms with van der Waals surface area (Å²) in [4.78, 5) is 0. The van der Waals surface area contributed by atoms with Crippen molar-refractivity contribution < 1.29 is 4.42 Å². The first-order chi connectivity index (χ1) is 10.7. The van der Waals surface area contributed by atoms with Gasteiger partial charge < -0.3 is 4.42 Å². The topological polar surface area (TPSA) is 56.7 Å². The molecular weight excluding hydrogens is 276 g/mol. The van der Waals surface area contributed by atoms with Crippen LogP contribution in [0.3, 0.4) is 0 Å². The summed E-state index contributed by atoms with van der Waals surface area (Å²) in [7, 11) is 1.91. The Bertz CT molecular complexity index is 968. The summed E-state index contributed by atoms with van der Waals surface area (Å²) >= 11 is 0. The van der Waals surface area contributed by atoms with Gasteiger partial charge in [-0.15, -0.1) is 10.2 Å². The van der Waals surface area contributed by atoms with E-state index in [0.29, 0.717) is 17.5 Å². The van der Waals surface area contributed by atoms with Gasteiger partial charge in [0.2, 0.25) is 5.89 Å². The number of aryl methyl sites for hydroxylation is 2. The maximum Gasteiger partial charge on any atom is 0.269 e. The minimum atomic E-state index is 0.438. The molecule has 22 heavy (non-hydrogen) atoms. The number of nitrogens with zero attached hydrogens (tertiary/aromatic N) is 4. The number of para-hydroxylation sites is 1. The van der Waals surface area contributed by atoms with E-state index in [9.17, 15) is 0 Å². The first kappa shape index (κ1) is 12.8. The number of benzene rings is 2. The highest BCUT2D eigenvalue weighted by Gasteiger charge is 2.17. The van der Waals surface area contributed by atoms with Gasteiger partial charge in [-0.05, 0) is 25.1 Å². The van der Waals surface area contributed by atoms with Crippen molar-refractivity contribution in [1.29, 1.82) is 0 Å². The average molecular weight is 290 g/mol. The van der Waals surface area contributed by atoms with E-state index < -0.39 is 0 Å². The Balaban J connectivity index is 1.84. The van der Waals surface area contributed by atoms with Crippen LogP contribution in [0.15, 0.2) is 52.9 Å². The van der Waals surface area contributed by atoms with Crippen LogP contribution in [0.25, 0.3) is 33.9 Å². The van der Waals surface area contributed by atoms with Gasteiger partial charge in [-0.2, -0.15) is 5.10 Å². The largest absolute Gasteiger partial charge is 0.415 e. The number of fused-ring (bicyclic) bond motifs is 1. The lowest BCUT2D eigenvalue weighted by molar-refractivity contribution is 0.580. The van der Waals surface area contributed by atoms with Gasteiger partial charge in [0.1, 0.15) is 0 Å². The second kappa shape index (κ2) is 4.80. The summed E-state index contributed by atoms with van der Waals surface area (Å²) in [5.74, 6) is 0.946. The third-order valence-corrected chi connectivity index (χ3v) is 3.65. The van der Waals surface area contributed by atoms with E-state index in [1.54, 1.807) is 0 Å². The molecule has 0 saturated carbocycles. The van der Waals surface area contributed by atoms with Crippen LogP contribution in [-0.4, -0.2) is 20.0 Å². The lowest BCUT2D eigenvalue weighted by Gasteiger charge is -1.95. The highest BCUT2D eigenvalue weighted by molar-refractivity contribution is 5.91. The van der Waals surface area contributed by atoms with Crippen LogP contribution < -0.4 is 0 Å². The average Bonchev–Trinajstić information content (AvgIpc) is 3.13. The molecule has 4 aromatic rings. The highest BCUT2D eigenvalue weighted by Crippen LogP contribution is 2.28. The molecule has 0 radical (unpaired) electrons. The molecule has 0 fully saturated rings. The normalized spacial score (nSPS) is 11.2. The molecule has 0 bridgehead atoms. The summed E-state index contributed by atoms with van der Waals surface area (Å²) in [5, 5.41) is 13.8. The fraction of sp³-hybridized carbons (Fsp3) is 0.118. The highest BCUT2D eigenvalue weighted by atomic mass is 16.4. The fourth-order valence-corrected chi connectivity index (χ4v) is 2.59. The Kier molecular flexibility index (Phi) is 2.79. The quantitative estimate of drug-likeness (QED) is 0.566. The Morgan fingerprint density at radius 2 is 1.77 bits per heavy atom. The van der Waals surface area contributed by atoms with E-state index in [2.05, 4.69) is 15.3 Å². The van der Waals surface area contributed by atoms with Gasteiger partial charge in [-0.25, -0.2) is 0 Å². The molecule has 0 aliphatic rings. The second-order valence-corrected chi connectivity index (χ2v) is 5.27. The molecule has 0 aliphatic heterocycles.